The predicted molar refractivity (Wildman–Crippen MR) is 66.5 cm³/mol. The number of carbonyl (C=O) groups is 2. The van der Waals surface area contributed by atoms with Crippen molar-refractivity contribution in [2.24, 2.45) is 17.1 Å². The fraction of sp³-hybridized carbons (Fsp3) is 0.833. The Balaban J connectivity index is 4.31. The number of amides is 1. The molecule has 0 saturated carbocycles. The number of carboxylic acid groups (broad SMARTS) is 1. The maximum atomic E-state index is 11.9. The minimum atomic E-state index is -0.919. The number of nitrogens with two attached hydrogens (primary N) is 1. The standard InChI is InChI=1S/C12H24N2O3/c1-8(5-10(15)16)14-11(17)9(7-13)6-12(2,3)4/h8-9H,5-7,13H2,1-4H3,(H,14,17)(H,15,16). The Labute approximate surface area is 103 Å². The van der Waals surface area contributed by atoms with E-state index in [2.05, 4.69) is 5.32 Å². The van der Waals surface area contributed by atoms with Crippen molar-refractivity contribution < 1.29 is 14.7 Å². The average molecular weight is 244 g/mol. The van der Waals surface area contributed by atoms with Crippen LogP contribution in [0.3, 0.4) is 0 Å². The molecule has 2 atom stereocenters. The van der Waals surface area contributed by atoms with Gasteiger partial charge in [0.1, 0.15) is 0 Å². The van der Waals surface area contributed by atoms with Gasteiger partial charge in [-0.25, -0.2) is 0 Å². The molecule has 0 aromatic heterocycles. The van der Waals surface area contributed by atoms with E-state index < -0.39 is 5.97 Å². The fourth-order valence-electron chi connectivity index (χ4n) is 1.70. The Morgan fingerprint density at radius 1 is 1.35 bits per heavy atom. The zero-order chi connectivity index (χ0) is 13.6. The van der Waals surface area contributed by atoms with E-state index in [1.807, 2.05) is 20.8 Å². The second-order valence-electron chi connectivity index (χ2n) is 5.70. The summed E-state index contributed by atoms with van der Waals surface area (Å²) >= 11 is 0. The molecule has 1 amide bonds. The molecule has 0 rings (SSSR count). The highest BCUT2D eigenvalue weighted by atomic mass is 16.4. The summed E-state index contributed by atoms with van der Waals surface area (Å²) in [6.07, 6.45) is 0.619. The van der Waals surface area contributed by atoms with Crippen LogP contribution >= 0.6 is 0 Å². The monoisotopic (exact) mass is 244 g/mol. The highest BCUT2D eigenvalue weighted by Gasteiger charge is 2.24. The molecule has 17 heavy (non-hydrogen) atoms. The molecular formula is C12H24N2O3. The number of hydrogen-bond donors (Lipinski definition) is 3. The van der Waals surface area contributed by atoms with Crippen molar-refractivity contribution in [3.63, 3.8) is 0 Å². The lowest BCUT2D eigenvalue weighted by molar-refractivity contribution is -0.137. The maximum Gasteiger partial charge on any atom is 0.305 e. The number of carboxylic acids is 1. The molecule has 0 aromatic rings. The highest BCUT2D eigenvalue weighted by molar-refractivity contribution is 5.80. The summed E-state index contributed by atoms with van der Waals surface area (Å²) < 4.78 is 0. The summed E-state index contributed by atoms with van der Waals surface area (Å²) in [5.74, 6) is -1.33. The fourth-order valence-corrected chi connectivity index (χ4v) is 1.70. The van der Waals surface area contributed by atoms with E-state index in [0.717, 1.165) is 0 Å². The molecule has 0 saturated heterocycles. The van der Waals surface area contributed by atoms with Crippen molar-refractivity contribution in [1.82, 2.24) is 5.32 Å². The molecule has 0 radical (unpaired) electrons. The van der Waals surface area contributed by atoms with Crippen LogP contribution in [0.25, 0.3) is 0 Å². The van der Waals surface area contributed by atoms with Gasteiger partial charge in [-0.2, -0.15) is 0 Å². The second kappa shape index (κ2) is 6.59. The first kappa shape index (κ1) is 15.9. The van der Waals surface area contributed by atoms with Crippen LogP contribution in [0.2, 0.25) is 0 Å². The molecule has 0 spiro atoms. The Morgan fingerprint density at radius 3 is 2.24 bits per heavy atom. The van der Waals surface area contributed by atoms with Crippen LogP contribution in [0.15, 0.2) is 0 Å². The van der Waals surface area contributed by atoms with Crippen molar-refractivity contribution in [3.8, 4) is 0 Å². The number of aliphatic carboxylic acids is 1. The smallest absolute Gasteiger partial charge is 0.305 e. The molecule has 0 bridgehead atoms. The SMILES string of the molecule is CC(CC(=O)O)NC(=O)C(CN)CC(C)(C)C. The normalized spacial score (nSPS) is 15.1. The Kier molecular flexibility index (Phi) is 6.16. The van der Waals surface area contributed by atoms with Crippen molar-refractivity contribution in [2.75, 3.05) is 6.54 Å². The van der Waals surface area contributed by atoms with Crippen molar-refractivity contribution in [3.05, 3.63) is 0 Å². The summed E-state index contributed by atoms with van der Waals surface area (Å²) in [7, 11) is 0. The van der Waals surface area contributed by atoms with E-state index in [1.54, 1.807) is 6.92 Å². The maximum absolute atomic E-state index is 11.9. The van der Waals surface area contributed by atoms with E-state index in [-0.39, 0.29) is 36.2 Å². The third-order valence-electron chi connectivity index (χ3n) is 2.38. The predicted octanol–water partition coefficient (Wildman–Crippen LogP) is 0.977. The summed E-state index contributed by atoms with van der Waals surface area (Å²) in [4.78, 5) is 22.3. The largest absolute Gasteiger partial charge is 0.481 e. The third-order valence-corrected chi connectivity index (χ3v) is 2.38. The lowest BCUT2D eigenvalue weighted by Gasteiger charge is -2.25. The van der Waals surface area contributed by atoms with Gasteiger partial charge in [0.25, 0.3) is 0 Å². The first-order valence-corrected chi connectivity index (χ1v) is 5.88. The molecule has 5 nitrogen and oxygen atoms in total. The van der Waals surface area contributed by atoms with Gasteiger partial charge < -0.3 is 16.2 Å². The Bertz CT molecular complexity index is 271. The minimum absolute atomic E-state index is 0.0252. The van der Waals surface area contributed by atoms with Gasteiger partial charge in [0.05, 0.1) is 12.3 Å². The molecule has 5 heteroatoms. The number of nitrogens with one attached hydrogen (secondary N) is 1. The van der Waals surface area contributed by atoms with E-state index in [1.165, 1.54) is 0 Å². The number of carbonyl (C=O) groups excluding carboxylic acids is 1. The quantitative estimate of drug-likeness (QED) is 0.649. The third kappa shape index (κ3) is 7.74. The Hall–Kier alpha value is -1.10. The van der Waals surface area contributed by atoms with Gasteiger partial charge in [-0.3, -0.25) is 9.59 Å². The van der Waals surface area contributed by atoms with Gasteiger partial charge in [0.15, 0.2) is 0 Å². The molecule has 2 unspecified atom stereocenters. The molecule has 0 heterocycles. The van der Waals surface area contributed by atoms with E-state index in [0.29, 0.717) is 6.42 Å². The van der Waals surface area contributed by atoms with Gasteiger partial charge in [-0.1, -0.05) is 20.8 Å². The first-order chi connectivity index (χ1) is 7.65. The van der Waals surface area contributed by atoms with Crippen molar-refractivity contribution >= 4 is 11.9 Å². The summed E-state index contributed by atoms with van der Waals surface area (Å²) in [6, 6.07) is -0.367. The van der Waals surface area contributed by atoms with E-state index in [4.69, 9.17) is 10.8 Å². The van der Waals surface area contributed by atoms with Gasteiger partial charge in [0, 0.05) is 12.6 Å². The van der Waals surface area contributed by atoms with Crippen LogP contribution in [0.4, 0.5) is 0 Å². The molecule has 0 fully saturated rings. The van der Waals surface area contributed by atoms with Gasteiger partial charge in [-0.15, -0.1) is 0 Å². The lowest BCUT2D eigenvalue weighted by Crippen LogP contribution is -2.42. The average Bonchev–Trinajstić information content (AvgIpc) is 2.10. The minimum Gasteiger partial charge on any atom is -0.481 e. The second-order valence-corrected chi connectivity index (χ2v) is 5.70. The zero-order valence-corrected chi connectivity index (χ0v) is 11.1. The van der Waals surface area contributed by atoms with Crippen LogP contribution in [-0.2, 0) is 9.59 Å². The summed E-state index contributed by atoms with van der Waals surface area (Å²) in [5, 5.41) is 11.3. The summed E-state index contributed by atoms with van der Waals surface area (Å²) in [5.41, 5.74) is 5.61. The van der Waals surface area contributed by atoms with Crippen molar-refractivity contribution in [1.29, 1.82) is 0 Å². The van der Waals surface area contributed by atoms with Crippen LogP contribution in [0.1, 0.15) is 40.5 Å². The van der Waals surface area contributed by atoms with Gasteiger partial charge in [0.2, 0.25) is 5.91 Å². The van der Waals surface area contributed by atoms with Crippen LogP contribution in [-0.4, -0.2) is 29.6 Å². The van der Waals surface area contributed by atoms with Crippen LogP contribution in [0.5, 0.6) is 0 Å². The number of hydrogen-bond acceptors (Lipinski definition) is 3. The molecule has 0 aliphatic rings. The molecule has 4 N–H and O–H groups in total. The van der Waals surface area contributed by atoms with Crippen molar-refractivity contribution in [2.45, 2.75) is 46.6 Å². The highest BCUT2D eigenvalue weighted by Crippen LogP contribution is 2.24. The van der Waals surface area contributed by atoms with E-state index >= 15 is 0 Å². The summed E-state index contributed by atoms with van der Waals surface area (Å²) in [6.45, 7) is 8.09. The Morgan fingerprint density at radius 2 is 1.88 bits per heavy atom. The van der Waals surface area contributed by atoms with Gasteiger partial charge in [-0.05, 0) is 18.8 Å². The zero-order valence-electron chi connectivity index (χ0n) is 11.1. The first-order valence-electron chi connectivity index (χ1n) is 5.88. The van der Waals surface area contributed by atoms with Gasteiger partial charge >= 0.3 is 5.97 Å². The molecule has 100 valence electrons. The van der Waals surface area contributed by atoms with Crippen LogP contribution in [0, 0.1) is 11.3 Å². The molecular weight excluding hydrogens is 220 g/mol. The topological polar surface area (TPSA) is 92.4 Å². The molecule has 0 aliphatic carbocycles. The van der Waals surface area contributed by atoms with E-state index in [9.17, 15) is 9.59 Å². The molecule has 0 aliphatic heterocycles. The lowest BCUT2D eigenvalue weighted by atomic mass is 9.84. The van der Waals surface area contributed by atoms with Crippen LogP contribution < -0.4 is 11.1 Å². The molecule has 0 aromatic carbocycles. The number of rotatable bonds is 6.